The number of halogens is 4. The number of hydrogen-bond donors (Lipinski definition) is 3. The lowest BCUT2D eigenvalue weighted by Gasteiger charge is -2.32. The molecule has 10 nitrogen and oxygen atoms in total. The van der Waals surface area contributed by atoms with Gasteiger partial charge in [-0.3, -0.25) is 24.7 Å². The molecule has 1 saturated heterocycles. The lowest BCUT2D eigenvalue weighted by Crippen LogP contribution is -2.41. The Labute approximate surface area is 463 Å². The molecule has 3 N–H and O–H groups in total. The molecule has 11 rings (SSSR count). The van der Waals surface area contributed by atoms with Crippen LogP contribution in [0.25, 0.3) is 44.5 Å². The molecule has 0 radical (unpaired) electrons. The number of carbonyl (C=O) groups excluding carboxylic acids is 1. The summed E-state index contributed by atoms with van der Waals surface area (Å²) in [7, 11) is -1.69. The average Bonchev–Trinajstić information content (AvgIpc) is 3.90. The molecule has 0 spiro atoms. The van der Waals surface area contributed by atoms with E-state index in [1.807, 2.05) is 97.1 Å². The van der Waals surface area contributed by atoms with Gasteiger partial charge in [0.1, 0.15) is 0 Å². The molecule has 372 valence electrons. The van der Waals surface area contributed by atoms with E-state index in [1.165, 1.54) is 23.5 Å². The summed E-state index contributed by atoms with van der Waals surface area (Å²) in [5, 5.41) is 20.6. The van der Waals surface area contributed by atoms with Crippen molar-refractivity contribution in [2.45, 2.75) is 45.3 Å². The first-order valence-electron chi connectivity index (χ1n) is 23.4. The van der Waals surface area contributed by atoms with E-state index in [1.54, 1.807) is 49.3 Å². The second-order valence-electron chi connectivity index (χ2n) is 17.8. The third kappa shape index (κ3) is 15.7. The predicted molar refractivity (Wildman–Crippen MR) is 311 cm³/mol. The quantitative estimate of drug-likeness (QED) is 0.139. The monoisotopic (exact) mass is 1190 g/mol. The van der Waals surface area contributed by atoms with Gasteiger partial charge >= 0.3 is 14.2 Å². The molecule has 5 aromatic carbocycles. The highest BCUT2D eigenvalue weighted by atomic mass is 79.9. The molecule has 0 atom stereocenters. The predicted octanol–water partition coefficient (Wildman–Crippen LogP) is 13.1. The van der Waals surface area contributed by atoms with Crippen LogP contribution in [0.5, 0.6) is 0 Å². The molecule has 0 unspecified atom stereocenters. The summed E-state index contributed by atoms with van der Waals surface area (Å²) < 4.78 is 15.5. The first-order chi connectivity index (χ1) is 35.5. The zero-order valence-electron chi connectivity index (χ0n) is 40.9. The summed E-state index contributed by atoms with van der Waals surface area (Å²) in [5.74, 6) is 0.0150. The number of benzene rings is 5. The zero-order valence-corrected chi connectivity index (χ0v) is 46.4. The number of rotatable bonds is 6. The normalized spacial score (nSPS) is 13.4. The van der Waals surface area contributed by atoms with Crippen molar-refractivity contribution >= 4 is 96.1 Å². The van der Waals surface area contributed by atoms with Crippen LogP contribution in [-0.4, -0.2) is 61.3 Å². The summed E-state index contributed by atoms with van der Waals surface area (Å²) >= 11 is 16.4. The Balaban J connectivity index is 0.000000143. The number of pyridine rings is 4. The Morgan fingerprint density at radius 2 is 0.851 bits per heavy atom. The Hall–Kier alpha value is -6.13. The fraction of sp³-hybridized carbons (Fsp3) is 0.121. The van der Waals surface area contributed by atoms with Crippen molar-refractivity contribution in [3.8, 4) is 44.5 Å². The maximum Gasteiger partial charge on any atom is 0.494 e. The van der Waals surface area contributed by atoms with E-state index >= 15 is 0 Å². The van der Waals surface area contributed by atoms with Crippen LogP contribution in [0.4, 0.5) is 5.69 Å². The van der Waals surface area contributed by atoms with Crippen LogP contribution in [0.15, 0.2) is 221 Å². The summed E-state index contributed by atoms with van der Waals surface area (Å²) in [6, 6.07) is 51.6. The molecular weight excluding hydrogens is 1140 g/mol. The molecule has 74 heavy (non-hydrogen) atoms. The largest absolute Gasteiger partial charge is 0.494 e. The fourth-order valence-corrected chi connectivity index (χ4v) is 8.43. The number of nitrogens with zero attached hydrogens (tertiary/aromatic N) is 4. The van der Waals surface area contributed by atoms with Crippen molar-refractivity contribution in [3.05, 3.63) is 231 Å². The zero-order chi connectivity index (χ0) is 52.7. The van der Waals surface area contributed by atoms with Crippen molar-refractivity contribution in [3.63, 3.8) is 0 Å². The van der Waals surface area contributed by atoms with E-state index < -0.39 is 7.12 Å². The maximum atomic E-state index is 11.5. The van der Waals surface area contributed by atoms with Gasteiger partial charge in [0.2, 0.25) is 5.91 Å². The third-order valence-electron chi connectivity index (χ3n) is 12.1. The Morgan fingerprint density at radius 1 is 0.514 bits per heavy atom. The summed E-state index contributed by atoms with van der Waals surface area (Å²) in [4.78, 5) is 27.3. The highest BCUT2D eigenvalue weighted by molar-refractivity contribution is 9.11. The summed E-state index contributed by atoms with van der Waals surface area (Å²) in [5.41, 5.74) is 11.7. The standard InChI is InChI=1S/C19H13ClN2O.C17H20BNO2.C11H8BrN.C6H4Br2.C5H6BNO2/c20-17-11-18-15(10-19(23)22-18)9-16(17)14-3-1-12(2-4-14)13-5-7-21-8-6-13;1-16(2)17(3,4)21-18(20-16)15-7-5-13(6-8-15)14-9-11-19-12-10-14;12-11-3-1-9(2-4-11)10-5-7-13-8-6-10;7-5-1-2-6(8)4-3-5;8-6(9)5-1-3-7-4-2-5/h1-9,11H,10H2,(H,22,23);5-12H,1-4H3;1-8H;1-4H;1-4,8-9H. The van der Waals surface area contributed by atoms with Gasteiger partial charge in [0.05, 0.1) is 22.6 Å². The minimum absolute atomic E-state index is 0.0150. The number of anilines is 1. The van der Waals surface area contributed by atoms with Crippen molar-refractivity contribution in [2.24, 2.45) is 0 Å². The molecule has 6 heterocycles. The number of hydrogen-bond acceptors (Lipinski definition) is 9. The van der Waals surface area contributed by atoms with E-state index in [0.29, 0.717) is 16.9 Å². The van der Waals surface area contributed by atoms with Gasteiger partial charge in [-0.2, -0.15) is 0 Å². The van der Waals surface area contributed by atoms with E-state index in [4.69, 9.17) is 31.0 Å². The van der Waals surface area contributed by atoms with E-state index in [9.17, 15) is 4.79 Å². The van der Waals surface area contributed by atoms with Crippen LogP contribution in [-0.2, 0) is 20.5 Å². The first kappa shape index (κ1) is 55.6. The molecule has 0 bridgehead atoms. The molecule has 1 amide bonds. The van der Waals surface area contributed by atoms with Crippen LogP contribution in [0.1, 0.15) is 33.3 Å². The van der Waals surface area contributed by atoms with Crippen LogP contribution >= 0.6 is 59.4 Å². The van der Waals surface area contributed by atoms with Gasteiger partial charge in [-0.15, -0.1) is 0 Å². The van der Waals surface area contributed by atoms with E-state index in [0.717, 1.165) is 63.5 Å². The molecular formula is C58H51B2Br3ClN5O5. The van der Waals surface area contributed by atoms with Gasteiger partial charge in [0.25, 0.3) is 0 Å². The number of carbonyl (C=O) groups is 1. The van der Waals surface area contributed by atoms with Crippen LogP contribution < -0.4 is 16.2 Å². The fourth-order valence-electron chi connectivity index (χ4n) is 7.36. The smallest absolute Gasteiger partial charge is 0.423 e. The Morgan fingerprint density at radius 3 is 1.24 bits per heavy atom. The van der Waals surface area contributed by atoms with Crippen LogP contribution in [0, 0.1) is 0 Å². The van der Waals surface area contributed by atoms with Crippen molar-refractivity contribution < 1.29 is 24.2 Å². The third-order valence-corrected chi connectivity index (χ3v) is 14.0. The van der Waals surface area contributed by atoms with Crippen molar-refractivity contribution in [2.75, 3.05) is 5.32 Å². The molecule has 9 aromatic rings. The Kier molecular flexibility index (Phi) is 19.8. The van der Waals surface area contributed by atoms with Crippen molar-refractivity contribution in [1.82, 2.24) is 19.9 Å². The molecule has 4 aromatic heterocycles. The summed E-state index contributed by atoms with van der Waals surface area (Å²) in [6.07, 6.45) is 14.2. The van der Waals surface area contributed by atoms with E-state index in [-0.39, 0.29) is 24.2 Å². The lowest BCUT2D eigenvalue weighted by atomic mass is 9.78. The summed E-state index contributed by atoms with van der Waals surface area (Å²) in [6.45, 7) is 8.27. The second-order valence-corrected chi connectivity index (χ2v) is 21.0. The lowest BCUT2D eigenvalue weighted by molar-refractivity contribution is -0.115. The van der Waals surface area contributed by atoms with Gasteiger partial charge in [-0.1, -0.05) is 120 Å². The number of nitrogens with one attached hydrogen (secondary N) is 1. The minimum Gasteiger partial charge on any atom is -0.423 e. The number of amides is 1. The minimum atomic E-state index is -1.38. The highest BCUT2D eigenvalue weighted by Gasteiger charge is 2.51. The first-order valence-corrected chi connectivity index (χ1v) is 26.1. The molecule has 2 aliphatic heterocycles. The van der Waals surface area contributed by atoms with Gasteiger partial charge < -0.3 is 24.7 Å². The van der Waals surface area contributed by atoms with Gasteiger partial charge in [0.15, 0.2) is 0 Å². The van der Waals surface area contributed by atoms with Gasteiger partial charge in [0, 0.05) is 74.2 Å². The number of fused-ring (bicyclic) bond motifs is 1. The average molecular weight is 1190 g/mol. The molecule has 16 heteroatoms. The van der Waals surface area contributed by atoms with Crippen LogP contribution in [0.3, 0.4) is 0 Å². The van der Waals surface area contributed by atoms with Gasteiger partial charge in [-0.25, -0.2) is 0 Å². The molecule has 0 aliphatic carbocycles. The molecule has 1 fully saturated rings. The maximum absolute atomic E-state index is 11.5. The highest BCUT2D eigenvalue weighted by Crippen LogP contribution is 2.38. The molecule has 2 aliphatic rings. The van der Waals surface area contributed by atoms with Crippen LogP contribution in [0.2, 0.25) is 5.02 Å². The second kappa shape index (κ2) is 26.4. The number of aromatic nitrogens is 4. The topological polar surface area (TPSA) is 140 Å². The SMILES string of the molecule is Brc1ccc(-c2ccncc2)cc1.Brc1ccc(Br)cc1.CC1(C)OB(c2ccc(-c3ccncc3)cc2)OC1(C)C.O=C1Cc2cc(-c3ccc(-c4ccncc4)cc3)c(Cl)cc2N1.OB(O)c1ccncc1. The van der Waals surface area contributed by atoms with E-state index in [2.05, 4.69) is 149 Å². The van der Waals surface area contributed by atoms with Crippen molar-refractivity contribution in [1.29, 1.82) is 0 Å². The van der Waals surface area contributed by atoms with Gasteiger partial charge in [-0.05, 0) is 180 Å². The Bertz CT molecular complexity index is 3150. The molecule has 0 saturated carbocycles.